The summed E-state index contributed by atoms with van der Waals surface area (Å²) in [6, 6.07) is 48.8. The second-order valence-corrected chi connectivity index (χ2v) is 20.1. The number of phenolic OH excluding ortho intramolecular Hbond substituents is 1. The molecule has 0 radical (unpaired) electrons. The Morgan fingerprint density at radius 1 is 0.594 bits per heavy atom. The van der Waals surface area contributed by atoms with Crippen LogP contribution in [0, 0.1) is 6.07 Å². The summed E-state index contributed by atoms with van der Waals surface area (Å²) in [6.07, 6.45) is 1.90. The zero-order chi connectivity index (χ0) is 45.9. The van der Waals surface area contributed by atoms with Gasteiger partial charge in [-0.25, -0.2) is 4.98 Å². The summed E-state index contributed by atoms with van der Waals surface area (Å²) in [7, 11) is 0. The van der Waals surface area contributed by atoms with Crippen LogP contribution in [0.1, 0.15) is 130 Å². The third-order valence-corrected chi connectivity index (χ3v) is 12.4. The summed E-state index contributed by atoms with van der Waals surface area (Å²) in [4.78, 5) is 10.5. The Bertz CT molecular complexity index is 3000. The number of nitrogens with zero attached hydrogens (tertiary/aromatic N) is 3. The predicted octanol–water partition coefficient (Wildman–Crippen LogP) is 16.2. The number of phenols is 1. The van der Waals surface area contributed by atoms with Gasteiger partial charge in [0.15, 0.2) is 0 Å². The fraction of sp³-hybridized carbons (Fsp3) is 0.288. The first kappa shape index (κ1) is 45.0. The minimum atomic E-state index is -0.883. The van der Waals surface area contributed by atoms with Gasteiger partial charge in [-0.2, -0.15) is 0 Å². The van der Waals surface area contributed by atoms with Gasteiger partial charge in [0, 0.05) is 40.0 Å². The molecule has 1 N–H and O–H groups in total. The molecule has 8 aromatic rings. The van der Waals surface area contributed by atoms with Gasteiger partial charge in [0.05, 0.1) is 16.6 Å². The van der Waals surface area contributed by atoms with Crippen molar-refractivity contribution in [3.05, 3.63) is 167 Å². The minimum absolute atomic E-state index is 0. The van der Waals surface area contributed by atoms with Crippen molar-refractivity contribution in [2.45, 2.75) is 112 Å². The average Bonchev–Trinajstić information content (AvgIpc) is 3.65. The van der Waals surface area contributed by atoms with Gasteiger partial charge in [-0.05, 0) is 103 Å². The molecular formula is C59H62N3OPt-. The van der Waals surface area contributed by atoms with Crippen LogP contribution in [0.5, 0.6) is 5.75 Å². The van der Waals surface area contributed by atoms with Crippen molar-refractivity contribution in [3.63, 3.8) is 0 Å². The quantitative estimate of drug-likeness (QED) is 0.147. The summed E-state index contributed by atoms with van der Waals surface area (Å²) < 4.78 is 11.4. The van der Waals surface area contributed by atoms with Crippen molar-refractivity contribution in [2.75, 3.05) is 0 Å². The first-order chi connectivity index (χ1) is 30.2. The van der Waals surface area contributed by atoms with Crippen molar-refractivity contribution in [2.24, 2.45) is 0 Å². The summed E-state index contributed by atoms with van der Waals surface area (Å²) in [6.45, 7) is 25.9. The van der Waals surface area contributed by atoms with Crippen LogP contribution < -0.4 is 0 Å². The maximum absolute atomic E-state index is 12.3. The molecule has 5 heteroatoms. The first-order valence-electron chi connectivity index (χ1n) is 22.9. The van der Waals surface area contributed by atoms with Gasteiger partial charge in [0.25, 0.3) is 0 Å². The van der Waals surface area contributed by atoms with E-state index in [1.54, 1.807) is 0 Å². The van der Waals surface area contributed by atoms with Gasteiger partial charge in [-0.15, -0.1) is 29.3 Å². The second-order valence-electron chi connectivity index (χ2n) is 20.1. The zero-order valence-electron chi connectivity index (χ0n) is 40.5. The van der Waals surface area contributed by atoms with E-state index < -0.39 is 5.89 Å². The minimum Gasteiger partial charge on any atom is -0.507 e. The topological polar surface area (TPSA) is 50.9 Å². The molecule has 6 aromatic carbocycles. The van der Waals surface area contributed by atoms with Crippen LogP contribution >= 0.6 is 0 Å². The summed E-state index contributed by atoms with van der Waals surface area (Å²) in [5, 5.41) is 12.3. The van der Waals surface area contributed by atoms with Gasteiger partial charge >= 0.3 is 0 Å². The molecule has 4 nitrogen and oxygen atoms in total. The van der Waals surface area contributed by atoms with Crippen LogP contribution in [0.4, 0.5) is 0 Å². The van der Waals surface area contributed by atoms with E-state index in [0.717, 1.165) is 83.6 Å². The molecule has 64 heavy (non-hydrogen) atoms. The third-order valence-electron chi connectivity index (χ3n) is 12.4. The number of aromatic nitrogens is 3. The largest absolute Gasteiger partial charge is 0.507 e. The SMILES string of the molecule is [2H]C(C)(C)c1cc(-c2ccccc2)cc(-n2c(-c3cc(C(C)C)cc(C(C)C)c3O)nc3c(-c4[c-]c(-c5cc(-c6ccc(C(C)(C)C)cc6)ccn5)cc(C(C)(C)C)c4)cccc32)c1.[Pt]. The fourth-order valence-electron chi connectivity index (χ4n) is 8.41. The molecule has 8 rings (SSSR count). The van der Waals surface area contributed by atoms with Crippen molar-refractivity contribution in [3.8, 4) is 67.5 Å². The molecule has 2 heterocycles. The number of hydrogen-bond acceptors (Lipinski definition) is 3. The molecule has 0 aliphatic carbocycles. The molecule has 0 bridgehead atoms. The third kappa shape index (κ3) is 9.31. The van der Waals surface area contributed by atoms with Crippen LogP contribution in [-0.2, 0) is 31.9 Å². The number of rotatable bonds is 9. The number of aromatic hydroxyl groups is 1. The van der Waals surface area contributed by atoms with E-state index in [2.05, 4.69) is 189 Å². The van der Waals surface area contributed by atoms with Crippen LogP contribution in [-0.4, -0.2) is 19.6 Å². The van der Waals surface area contributed by atoms with E-state index >= 15 is 0 Å². The van der Waals surface area contributed by atoms with Crippen LogP contribution in [0.2, 0.25) is 0 Å². The maximum atomic E-state index is 12.3. The Hall–Kier alpha value is -5.57. The number of fused-ring (bicyclic) bond motifs is 1. The molecule has 0 atom stereocenters. The van der Waals surface area contributed by atoms with E-state index in [0.29, 0.717) is 11.4 Å². The maximum Gasteiger partial charge on any atom is 0.148 e. The van der Waals surface area contributed by atoms with Crippen molar-refractivity contribution >= 4 is 11.0 Å². The number of imidazole rings is 1. The Labute approximate surface area is 397 Å². The molecule has 330 valence electrons. The Balaban J connectivity index is 0.00000630. The molecule has 0 unspecified atom stereocenters. The van der Waals surface area contributed by atoms with Gasteiger partial charge in [-0.3, -0.25) is 9.55 Å². The van der Waals surface area contributed by atoms with Crippen LogP contribution in [0.25, 0.3) is 72.7 Å². The predicted molar refractivity (Wildman–Crippen MR) is 266 cm³/mol. The molecule has 0 saturated heterocycles. The van der Waals surface area contributed by atoms with Crippen molar-refractivity contribution in [1.82, 2.24) is 14.5 Å². The van der Waals surface area contributed by atoms with Crippen LogP contribution in [0.15, 0.2) is 134 Å². The van der Waals surface area contributed by atoms with Gasteiger partial charge in [0.2, 0.25) is 0 Å². The van der Waals surface area contributed by atoms with Gasteiger partial charge in [0.1, 0.15) is 11.6 Å². The zero-order valence-corrected chi connectivity index (χ0v) is 41.7. The number of hydrogen-bond donors (Lipinski definition) is 1. The molecule has 0 saturated carbocycles. The van der Waals surface area contributed by atoms with E-state index in [9.17, 15) is 6.48 Å². The van der Waals surface area contributed by atoms with Crippen molar-refractivity contribution < 1.29 is 27.5 Å². The second kappa shape index (κ2) is 18.1. The molecular weight excluding hydrogens is 962 g/mol. The van der Waals surface area contributed by atoms with E-state index in [-0.39, 0.29) is 49.5 Å². The molecule has 0 aliphatic heterocycles. The molecule has 0 fully saturated rings. The van der Waals surface area contributed by atoms with E-state index in [1.807, 2.05) is 38.2 Å². The summed E-state index contributed by atoms with van der Waals surface area (Å²) in [5.74, 6) is 0.311. The van der Waals surface area contributed by atoms with Gasteiger partial charge < -0.3 is 5.11 Å². The van der Waals surface area contributed by atoms with E-state index in [1.165, 1.54) is 5.56 Å². The van der Waals surface area contributed by atoms with Crippen LogP contribution in [0.3, 0.4) is 0 Å². The summed E-state index contributed by atoms with van der Waals surface area (Å²) in [5.41, 5.74) is 16.4. The Morgan fingerprint density at radius 3 is 1.91 bits per heavy atom. The Morgan fingerprint density at radius 2 is 1.27 bits per heavy atom. The standard InChI is InChI=1S/C59H62N3O.Pt/c1-36(2)42-27-44(39-17-14-13-15-18-39)32-49(31-42)62-54-20-16-19-50(55(54)61-57(62)52-34-43(37(3)4)33-51(38(5)6)56(52)63)45-28-46(30-48(29-45)59(10,11)12)53-35-41(25-26-60-53)40-21-23-47(24-22-40)58(7,8)9;/h13-27,29-38,63H,1-12H3;/q-1;/i36D;. The first-order valence-corrected chi connectivity index (χ1v) is 22.4. The monoisotopic (exact) mass is 1020 g/mol. The molecule has 2 aromatic heterocycles. The molecule has 0 aliphatic rings. The fourth-order valence-corrected chi connectivity index (χ4v) is 8.41. The summed E-state index contributed by atoms with van der Waals surface area (Å²) >= 11 is 0. The Kier molecular flexibility index (Phi) is 12.8. The van der Waals surface area contributed by atoms with E-state index in [4.69, 9.17) is 9.97 Å². The molecule has 0 amide bonds. The molecule has 0 spiro atoms. The smallest absolute Gasteiger partial charge is 0.148 e. The average molecular weight is 1030 g/mol. The van der Waals surface area contributed by atoms with Gasteiger partial charge in [-0.1, -0.05) is 179 Å². The number of benzene rings is 6. The number of pyridine rings is 1. The normalized spacial score (nSPS) is 12.5. The van der Waals surface area contributed by atoms with Crippen molar-refractivity contribution in [1.29, 1.82) is 0 Å². The number of para-hydroxylation sites is 1.